The quantitative estimate of drug-likeness (QED) is 0.726. The van der Waals surface area contributed by atoms with Crippen LogP contribution in [-0.2, 0) is 13.0 Å². The van der Waals surface area contributed by atoms with E-state index in [4.69, 9.17) is 5.73 Å². The summed E-state index contributed by atoms with van der Waals surface area (Å²) in [6, 6.07) is 4.58. The highest BCUT2D eigenvalue weighted by Gasteiger charge is 2.00. The van der Waals surface area contributed by atoms with Gasteiger partial charge >= 0.3 is 0 Å². The monoisotopic (exact) mass is 166 g/mol. The van der Waals surface area contributed by atoms with Crippen molar-refractivity contribution < 1.29 is 0 Å². The topological polar surface area (TPSA) is 30.9 Å². The van der Waals surface area contributed by atoms with Crippen LogP contribution in [0.4, 0.5) is 0 Å². The summed E-state index contributed by atoms with van der Waals surface area (Å²) < 4.78 is 2.27. The maximum Gasteiger partial charge on any atom is 0.0193 e. The van der Waals surface area contributed by atoms with E-state index in [-0.39, 0.29) is 0 Å². The molecule has 0 saturated carbocycles. The largest absolute Gasteiger partial charge is 0.352 e. The van der Waals surface area contributed by atoms with Crippen LogP contribution in [0.15, 0.2) is 18.3 Å². The highest BCUT2D eigenvalue weighted by atomic mass is 14.9. The second-order valence-electron chi connectivity index (χ2n) is 3.30. The zero-order valence-corrected chi connectivity index (χ0v) is 7.96. The zero-order valence-electron chi connectivity index (χ0n) is 7.96. The smallest absolute Gasteiger partial charge is 0.0193 e. The Morgan fingerprint density at radius 1 is 1.58 bits per heavy atom. The van der Waals surface area contributed by atoms with Gasteiger partial charge in [0.2, 0.25) is 0 Å². The lowest BCUT2D eigenvalue weighted by Crippen LogP contribution is -2.16. The molecule has 0 aliphatic carbocycles. The Morgan fingerprint density at radius 3 is 2.92 bits per heavy atom. The van der Waals surface area contributed by atoms with Gasteiger partial charge in [0.1, 0.15) is 0 Å². The molecule has 1 unspecified atom stereocenters. The van der Waals surface area contributed by atoms with Gasteiger partial charge in [0, 0.05) is 24.5 Å². The third kappa shape index (κ3) is 2.38. The van der Waals surface area contributed by atoms with E-state index in [0.717, 1.165) is 19.4 Å². The van der Waals surface area contributed by atoms with Gasteiger partial charge in [-0.05, 0) is 38.8 Å². The molecule has 1 aromatic heterocycles. The number of aryl methyl sites for hydroxylation is 2. The van der Waals surface area contributed by atoms with Gasteiger partial charge in [-0.15, -0.1) is 0 Å². The predicted octanol–water partition coefficient (Wildman–Crippen LogP) is 1.79. The molecular formula is C10H18N2. The van der Waals surface area contributed by atoms with Crippen LogP contribution in [0.1, 0.15) is 26.0 Å². The van der Waals surface area contributed by atoms with Gasteiger partial charge in [-0.25, -0.2) is 0 Å². The lowest BCUT2D eigenvalue weighted by molar-refractivity contribution is 0.626. The van der Waals surface area contributed by atoms with Crippen LogP contribution < -0.4 is 5.73 Å². The first-order valence-corrected chi connectivity index (χ1v) is 4.63. The summed E-state index contributed by atoms with van der Waals surface area (Å²) in [6.45, 7) is 5.27. The van der Waals surface area contributed by atoms with Gasteiger partial charge in [-0.3, -0.25) is 0 Å². The fourth-order valence-corrected chi connectivity index (χ4v) is 1.36. The normalized spacial score (nSPS) is 13.2. The third-order valence-electron chi connectivity index (χ3n) is 2.12. The Balaban J connectivity index is 2.50. The van der Waals surface area contributed by atoms with E-state index in [2.05, 4.69) is 36.7 Å². The molecule has 0 aliphatic heterocycles. The van der Waals surface area contributed by atoms with E-state index >= 15 is 0 Å². The van der Waals surface area contributed by atoms with Crippen molar-refractivity contribution in [1.29, 1.82) is 0 Å². The summed E-state index contributed by atoms with van der Waals surface area (Å²) >= 11 is 0. The number of aromatic nitrogens is 1. The highest BCUT2D eigenvalue weighted by Crippen LogP contribution is 2.06. The number of nitrogens with two attached hydrogens (primary N) is 1. The summed E-state index contributed by atoms with van der Waals surface area (Å²) in [5.41, 5.74) is 7.09. The standard InChI is InChI=1S/C10H18N2/c1-3-12-8-4-5-10(12)7-6-9(2)11/h4-5,8-9H,3,6-7,11H2,1-2H3. The van der Waals surface area contributed by atoms with Gasteiger partial charge in [-0.2, -0.15) is 0 Å². The molecule has 0 fully saturated rings. The van der Waals surface area contributed by atoms with Crippen LogP contribution in [0, 0.1) is 0 Å². The molecular weight excluding hydrogens is 148 g/mol. The molecule has 0 aliphatic rings. The summed E-state index contributed by atoms with van der Waals surface area (Å²) in [5, 5.41) is 0. The van der Waals surface area contributed by atoms with Crippen molar-refractivity contribution >= 4 is 0 Å². The van der Waals surface area contributed by atoms with E-state index in [1.807, 2.05) is 0 Å². The molecule has 0 radical (unpaired) electrons. The molecule has 2 nitrogen and oxygen atoms in total. The van der Waals surface area contributed by atoms with Crippen molar-refractivity contribution in [3.05, 3.63) is 24.0 Å². The first-order valence-electron chi connectivity index (χ1n) is 4.63. The van der Waals surface area contributed by atoms with Crippen molar-refractivity contribution in [2.24, 2.45) is 5.73 Å². The van der Waals surface area contributed by atoms with E-state index in [0.29, 0.717) is 6.04 Å². The molecule has 1 aromatic rings. The van der Waals surface area contributed by atoms with Gasteiger partial charge < -0.3 is 10.3 Å². The van der Waals surface area contributed by atoms with Crippen molar-refractivity contribution in [2.45, 2.75) is 39.3 Å². The Morgan fingerprint density at radius 2 is 2.33 bits per heavy atom. The molecule has 0 saturated heterocycles. The van der Waals surface area contributed by atoms with E-state index in [9.17, 15) is 0 Å². The summed E-state index contributed by atoms with van der Waals surface area (Å²) in [7, 11) is 0. The van der Waals surface area contributed by atoms with E-state index in [1.54, 1.807) is 0 Å². The van der Waals surface area contributed by atoms with Gasteiger partial charge in [0.15, 0.2) is 0 Å². The van der Waals surface area contributed by atoms with E-state index in [1.165, 1.54) is 5.69 Å². The first kappa shape index (κ1) is 9.33. The van der Waals surface area contributed by atoms with Crippen LogP contribution >= 0.6 is 0 Å². The van der Waals surface area contributed by atoms with Crippen LogP contribution in [0.5, 0.6) is 0 Å². The average molecular weight is 166 g/mol. The fourth-order valence-electron chi connectivity index (χ4n) is 1.36. The van der Waals surface area contributed by atoms with Gasteiger partial charge in [0.25, 0.3) is 0 Å². The maximum absolute atomic E-state index is 5.69. The molecule has 2 N–H and O–H groups in total. The molecule has 0 bridgehead atoms. The second-order valence-corrected chi connectivity index (χ2v) is 3.30. The molecule has 0 aromatic carbocycles. The highest BCUT2D eigenvalue weighted by molar-refractivity contribution is 5.07. The summed E-state index contributed by atoms with van der Waals surface area (Å²) in [6.07, 6.45) is 4.29. The Kier molecular flexibility index (Phi) is 3.35. The van der Waals surface area contributed by atoms with Crippen LogP contribution in [0.3, 0.4) is 0 Å². The minimum absolute atomic E-state index is 0.310. The number of hydrogen-bond donors (Lipinski definition) is 1. The zero-order chi connectivity index (χ0) is 8.97. The van der Waals surface area contributed by atoms with Crippen molar-refractivity contribution in [2.75, 3.05) is 0 Å². The van der Waals surface area contributed by atoms with Crippen molar-refractivity contribution in [3.8, 4) is 0 Å². The number of hydrogen-bond acceptors (Lipinski definition) is 1. The SMILES string of the molecule is CCn1cccc1CCC(C)N. The van der Waals surface area contributed by atoms with E-state index < -0.39 is 0 Å². The molecule has 2 heteroatoms. The second kappa shape index (κ2) is 4.31. The molecule has 1 rings (SSSR count). The summed E-state index contributed by atoms with van der Waals surface area (Å²) in [4.78, 5) is 0. The summed E-state index contributed by atoms with van der Waals surface area (Å²) in [5.74, 6) is 0. The maximum atomic E-state index is 5.69. The van der Waals surface area contributed by atoms with Crippen LogP contribution in [0.2, 0.25) is 0 Å². The lowest BCUT2D eigenvalue weighted by Gasteiger charge is -2.07. The average Bonchev–Trinajstić information content (AvgIpc) is 2.47. The molecule has 1 heterocycles. The Hall–Kier alpha value is -0.760. The van der Waals surface area contributed by atoms with Gasteiger partial charge in [0.05, 0.1) is 0 Å². The Labute approximate surface area is 74.4 Å². The van der Waals surface area contributed by atoms with Crippen molar-refractivity contribution in [1.82, 2.24) is 4.57 Å². The molecule has 0 amide bonds. The minimum atomic E-state index is 0.310. The van der Waals surface area contributed by atoms with Crippen molar-refractivity contribution in [3.63, 3.8) is 0 Å². The lowest BCUT2D eigenvalue weighted by atomic mass is 10.1. The van der Waals surface area contributed by atoms with Crippen LogP contribution in [0.25, 0.3) is 0 Å². The predicted molar refractivity (Wildman–Crippen MR) is 52.1 cm³/mol. The van der Waals surface area contributed by atoms with Gasteiger partial charge in [-0.1, -0.05) is 0 Å². The fraction of sp³-hybridized carbons (Fsp3) is 0.600. The molecule has 68 valence electrons. The third-order valence-corrected chi connectivity index (χ3v) is 2.12. The Bertz CT molecular complexity index is 225. The van der Waals surface area contributed by atoms with Crippen LogP contribution in [-0.4, -0.2) is 10.6 Å². The first-order chi connectivity index (χ1) is 5.74. The number of nitrogens with zero attached hydrogens (tertiary/aromatic N) is 1. The molecule has 12 heavy (non-hydrogen) atoms. The number of rotatable bonds is 4. The molecule has 0 spiro atoms. The minimum Gasteiger partial charge on any atom is -0.352 e. The molecule has 1 atom stereocenters.